The number of thiazole rings is 1. The largest absolute Gasteiger partial charge is 0.351 e. The highest BCUT2D eigenvalue weighted by atomic mass is 32.1. The quantitative estimate of drug-likeness (QED) is 0.743. The normalized spacial score (nSPS) is 13.0. The van der Waals surface area contributed by atoms with Gasteiger partial charge in [0, 0.05) is 29.4 Å². The average molecular weight is 366 g/mol. The molecule has 134 valence electrons. The maximum atomic E-state index is 12.4. The lowest BCUT2D eigenvalue weighted by molar-refractivity contribution is -0.115. The lowest BCUT2D eigenvalue weighted by atomic mass is 10.0. The zero-order valence-corrected chi connectivity index (χ0v) is 16.2. The smallest absolute Gasteiger partial charge is 0.230 e. The van der Waals surface area contributed by atoms with Crippen LogP contribution in [0.1, 0.15) is 34.5 Å². The molecule has 0 fully saturated rings. The van der Waals surface area contributed by atoms with E-state index in [1.807, 2.05) is 5.38 Å². The predicted octanol–water partition coefficient (Wildman–Crippen LogP) is 4.44. The SMILES string of the molecule is Cc1cc(-c2csc(NC(=O)Cc3ccc4c(c3)CCC4)n2)c(C)n1C. The molecule has 0 aliphatic heterocycles. The Morgan fingerprint density at radius 2 is 2.04 bits per heavy atom. The van der Waals surface area contributed by atoms with Crippen molar-refractivity contribution >= 4 is 22.4 Å². The number of fused-ring (bicyclic) bond motifs is 1. The van der Waals surface area contributed by atoms with Gasteiger partial charge in [0.15, 0.2) is 5.13 Å². The molecule has 0 unspecified atom stereocenters. The molecule has 2 heterocycles. The Hall–Kier alpha value is -2.40. The minimum atomic E-state index is -0.00943. The lowest BCUT2D eigenvalue weighted by Gasteiger charge is -2.05. The van der Waals surface area contributed by atoms with Crippen LogP contribution < -0.4 is 5.32 Å². The van der Waals surface area contributed by atoms with E-state index in [1.54, 1.807) is 0 Å². The van der Waals surface area contributed by atoms with Crippen LogP contribution in [-0.4, -0.2) is 15.5 Å². The number of aryl methyl sites for hydroxylation is 3. The van der Waals surface area contributed by atoms with E-state index in [1.165, 1.54) is 46.7 Å². The molecule has 1 amide bonds. The van der Waals surface area contributed by atoms with Gasteiger partial charge >= 0.3 is 0 Å². The highest BCUT2D eigenvalue weighted by Gasteiger charge is 2.15. The molecule has 3 aromatic rings. The first kappa shape index (κ1) is 17.0. The number of anilines is 1. The first-order valence-corrected chi connectivity index (χ1v) is 9.88. The molecule has 2 aromatic heterocycles. The van der Waals surface area contributed by atoms with Crippen LogP contribution in [0.15, 0.2) is 29.6 Å². The third kappa shape index (κ3) is 3.19. The van der Waals surface area contributed by atoms with Gasteiger partial charge in [-0.1, -0.05) is 18.2 Å². The van der Waals surface area contributed by atoms with E-state index in [9.17, 15) is 4.79 Å². The summed E-state index contributed by atoms with van der Waals surface area (Å²) < 4.78 is 2.15. The fourth-order valence-corrected chi connectivity index (χ4v) is 4.38. The van der Waals surface area contributed by atoms with Crippen LogP contribution in [0.5, 0.6) is 0 Å². The van der Waals surface area contributed by atoms with Crippen molar-refractivity contribution in [3.8, 4) is 11.3 Å². The van der Waals surface area contributed by atoms with Gasteiger partial charge in [-0.15, -0.1) is 11.3 Å². The summed E-state index contributed by atoms with van der Waals surface area (Å²) in [6, 6.07) is 8.58. The molecule has 0 saturated carbocycles. The van der Waals surface area contributed by atoms with Gasteiger partial charge in [0.05, 0.1) is 12.1 Å². The highest BCUT2D eigenvalue weighted by molar-refractivity contribution is 7.14. The van der Waals surface area contributed by atoms with E-state index >= 15 is 0 Å². The first-order valence-electron chi connectivity index (χ1n) is 9.00. The summed E-state index contributed by atoms with van der Waals surface area (Å²) in [6.45, 7) is 4.18. The maximum Gasteiger partial charge on any atom is 0.230 e. The monoisotopic (exact) mass is 365 g/mol. The molecule has 5 heteroatoms. The Bertz CT molecular complexity index is 983. The van der Waals surface area contributed by atoms with Crippen LogP contribution >= 0.6 is 11.3 Å². The fourth-order valence-electron chi connectivity index (χ4n) is 3.65. The number of hydrogen-bond donors (Lipinski definition) is 1. The number of nitrogens with zero attached hydrogens (tertiary/aromatic N) is 2. The van der Waals surface area contributed by atoms with Crippen molar-refractivity contribution in [2.75, 3.05) is 5.32 Å². The minimum Gasteiger partial charge on any atom is -0.351 e. The Morgan fingerprint density at radius 3 is 2.81 bits per heavy atom. The van der Waals surface area contributed by atoms with Gasteiger partial charge in [0.2, 0.25) is 5.91 Å². The molecule has 4 rings (SSSR count). The molecule has 1 aromatic carbocycles. The van der Waals surface area contributed by atoms with Crippen molar-refractivity contribution < 1.29 is 4.79 Å². The van der Waals surface area contributed by atoms with E-state index in [4.69, 9.17) is 0 Å². The van der Waals surface area contributed by atoms with Crippen molar-refractivity contribution in [2.45, 2.75) is 39.5 Å². The molecule has 0 atom stereocenters. The van der Waals surface area contributed by atoms with E-state index < -0.39 is 0 Å². The van der Waals surface area contributed by atoms with Crippen molar-refractivity contribution in [1.29, 1.82) is 0 Å². The van der Waals surface area contributed by atoms with Gasteiger partial charge in [0.1, 0.15) is 0 Å². The summed E-state index contributed by atoms with van der Waals surface area (Å²) >= 11 is 1.47. The number of carbonyl (C=O) groups is 1. The number of hydrogen-bond acceptors (Lipinski definition) is 3. The zero-order valence-electron chi connectivity index (χ0n) is 15.4. The van der Waals surface area contributed by atoms with Crippen molar-refractivity contribution in [2.24, 2.45) is 7.05 Å². The number of amides is 1. The standard InChI is InChI=1S/C21H23N3OS/c1-13-9-18(14(2)24(13)3)19-12-26-21(22-19)23-20(25)11-15-7-8-16-5-4-6-17(16)10-15/h7-10,12H,4-6,11H2,1-3H3,(H,22,23,25). The minimum absolute atomic E-state index is 0.00943. The second kappa shape index (κ2) is 6.72. The molecular formula is C21H23N3OS. The molecular weight excluding hydrogens is 342 g/mol. The Balaban J connectivity index is 1.45. The van der Waals surface area contributed by atoms with Gasteiger partial charge in [0.25, 0.3) is 0 Å². The number of aromatic nitrogens is 2. The van der Waals surface area contributed by atoms with E-state index in [-0.39, 0.29) is 5.91 Å². The predicted molar refractivity (Wildman–Crippen MR) is 107 cm³/mol. The Labute approximate surface area is 157 Å². The fraction of sp³-hybridized carbons (Fsp3) is 0.333. The molecule has 0 radical (unpaired) electrons. The van der Waals surface area contributed by atoms with Crippen LogP contribution in [0.4, 0.5) is 5.13 Å². The number of carbonyl (C=O) groups excluding carboxylic acids is 1. The van der Waals surface area contributed by atoms with Crippen LogP contribution in [0.3, 0.4) is 0 Å². The third-order valence-electron chi connectivity index (χ3n) is 5.33. The second-order valence-electron chi connectivity index (χ2n) is 7.06. The topological polar surface area (TPSA) is 46.9 Å². The maximum absolute atomic E-state index is 12.4. The van der Waals surface area contributed by atoms with Gasteiger partial charge in [-0.25, -0.2) is 4.98 Å². The van der Waals surface area contributed by atoms with Gasteiger partial charge in [-0.05, 0) is 55.9 Å². The molecule has 0 saturated heterocycles. The molecule has 1 aliphatic carbocycles. The van der Waals surface area contributed by atoms with Gasteiger partial charge in [-0.3, -0.25) is 4.79 Å². The number of nitrogens with one attached hydrogen (secondary N) is 1. The highest BCUT2D eigenvalue weighted by Crippen LogP contribution is 2.29. The zero-order chi connectivity index (χ0) is 18.3. The lowest BCUT2D eigenvalue weighted by Crippen LogP contribution is -2.14. The van der Waals surface area contributed by atoms with E-state index in [2.05, 4.69) is 60.0 Å². The van der Waals surface area contributed by atoms with Crippen LogP contribution in [0.25, 0.3) is 11.3 Å². The molecule has 1 aliphatic rings. The van der Waals surface area contributed by atoms with Gasteiger partial charge in [-0.2, -0.15) is 0 Å². The van der Waals surface area contributed by atoms with Gasteiger partial charge < -0.3 is 9.88 Å². The van der Waals surface area contributed by atoms with Crippen molar-refractivity contribution in [3.05, 3.63) is 57.7 Å². The summed E-state index contributed by atoms with van der Waals surface area (Å²) in [5.74, 6) is -0.00943. The summed E-state index contributed by atoms with van der Waals surface area (Å²) in [7, 11) is 2.06. The summed E-state index contributed by atoms with van der Waals surface area (Å²) in [6.07, 6.45) is 3.93. The summed E-state index contributed by atoms with van der Waals surface area (Å²) in [5.41, 5.74) is 8.35. The Kier molecular flexibility index (Phi) is 4.41. The first-order chi connectivity index (χ1) is 12.5. The number of benzene rings is 1. The molecule has 1 N–H and O–H groups in total. The summed E-state index contributed by atoms with van der Waals surface area (Å²) in [5, 5.41) is 5.62. The van der Waals surface area contributed by atoms with Crippen LogP contribution in [-0.2, 0) is 31.1 Å². The number of rotatable bonds is 4. The second-order valence-corrected chi connectivity index (χ2v) is 7.92. The van der Waals surface area contributed by atoms with Crippen molar-refractivity contribution in [3.63, 3.8) is 0 Å². The Morgan fingerprint density at radius 1 is 1.23 bits per heavy atom. The summed E-state index contributed by atoms with van der Waals surface area (Å²) in [4.78, 5) is 17.0. The molecule has 26 heavy (non-hydrogen) atoms. The molecule has 4 nitrogen and oxygen atoms in total. The van der Waals surface area contributed by atoms with Crippen LogP contribution in [0.2, 0.25) is 0 Å². The van der Waals surface area contributed by atoms with E-state index in [0.29, 0.717) is 11.6 Å². The van der Waals surface area contributed by atoms with E-state index in [0.717, 1.165) is 23.2 Å². The van der Waals surface area contributed by atoms with Crippen molar-refractivity contribution in [1.82, 2.24) is 9.55 Å². The average Bonchev–Trinajstić information content (AvgIpc) is 3.31. The molecule has 0 spiro atoms. The molecule has 0 bridgehead atoms. The third-order valence-corrected chi connectivity index (χ3v) is 6.09. The van der Waals surface area contributed by atoms with Crippen LogP contribution in [0, 0.1) is 13.8 Å².